The fraction of sp³-hybridized carbons (Fsp3) is 0.733. The molecular weight excluding hydrogens is 228 g/mol. The van der Waals surface area contributed by atoms with Gasteiger partial charge >= 0.3 is 0 Å². The van der Waals surface area contributed by atoms with Crippen molar-refractivity contribution >= 4 is 11.3 Å². The van der Waals surface area contributed by atoms with Gasteiger partial charge in [0.2, 0.25) is 0 Å². The third-order valence-corrected chi connectivity index (χ3v) is 5.10. The average Bonchev–Trinajstić information content (AvgIpc) is 2.67. The minimum Gasteiger partial charge on any atom is -0.390 e. The van der Waals surface area contributed by atoms with Crippen LogP contribution in [-0.4, -0.2) is 10.7 Å². The SMILES string of the molecule is CC(C)C1CCCC(O)(Cc2cccs2)CC1. The summed E-state index contributed by atoms with van der Waals surface area (Å²) in [6.07, 6.45) is 6.49. The van der Waals surface area contributed by atoms with Crippen LogP contribution >= 0.6 is 11.3 Å². The average molecular weight is 252 g/mol. The first-order valence-corrected chi connectivity index (χ1v) is 7.72. The van der Waals surface area contributed by atoms with Crippen LogP contribution in [0.2, 0.25) is 0 Å². The third-order valence-electron chi connectivity index (χ3n) is 4.22. The molecule has 0 aromatic carbocycles. The van der Waals surface area contributed by atoms with Gasteiger partial charge in [0.25, 0.3) is 0 Å². The van der Waals surface area contributed by atoms with Gasteiger partial charge in [-0.05, 0) is 42.5 Å². The number of rotatable bonds is 3. The predicted octanol–water partition coefficient (Wildman–Crippen LogP) is 4.26. The summed E-state index contributed by atoms with van der Waals surface area (Å²) in [6, 6.07) is 4.23. The molecule has 1 fully saturated rings. The van der Waals surface area contributed by atoms with Gasteiger partial charge < -0.3 is 5.11 Å². The number of aliphatic hydroxyl groups is 1. The van der Waals surface area contributed by atoms with E-state index in [1.165, 1.54) is 24.1 Å². The maximum absolute atomic E-state index is 10.7. The van der Waals surface area contributed by atoms with Gasteiger partial charge in [0, 0.05) is 11.3 Å². The van der Waals surface area contributed by atoms with E-state index in [0.29, 0.717) is 0 Å². The topological polar surface area (TPSA) is 20.2 Å². The summed E-state index contributed by atoms with van der Waals surface area (Å²) in [6.45, 7) is 4.63. The molecule has 1 nitrogen and oxygen atoms in total. The van der Waals surface area contributed by atoms with E-state index in [0.717, 1.165) is 31.1 Å². The van der Waals surface area contributed by atoms with Crippen LogP contribution in [0.15, 0.2) is 17.5 Å². The van der Waals surface area contributed by atoms with Gasteiger partial charge in [0.15, 0.2) is 0 Å². The second-order valence-electron chi connectivity index (χ2n) is 5.92. The first kappa shape index (κ1) is 13.1. The molecule has 0 bridgehead atoms. The van der Waals surface area contributed by atoms with Gasteiger partial charge in [0.05, 0.1) is 5.60 Å². The largest absolute Gasteiger partial charge is 0.390 e. The minimum atomic E-state index is -0.436. The maximum Gasteiger partial charge on any atom is 0.0696 e. The Bertz CT molecular complexity index is 331. The predicted molar refractivity (Wildman–Crippen MR) is 74.4 cm³/mol. The van der Waals surface area contributed by atoms with Crippen LogP contribution in [0.1, 0.15) is 50.8 Å². The first-order chi connectivity index (χ1) is 8.09. The summed E-state index contributed by atoms with van der Waals surface area (Å²) < 4.78 is 0. The Balaban J connectivity index is 1.96. The number of hydrogen-bond acceptors (Lipinski definition) is 2. The highest BCUT2D eigenvalue weighted by Crippen LogP contribution is 2.36. The fourth-order valence-electron chi connectivity index (χ4n) is 3.00. The van der Waals surface area contributed by atoms with Crippen molar-refractivity contribution in [1.82, 2.24) is 0 Å². The Morgan fingerprint density at radius 2 is 2.24 bits per heavy atom. The van der Waals surface area contributed by atoms with E-state index in [4.69, 9.17) is 0 Å². The Labute approximate surface area is 109 Å². The van der Waals surface area contributed by atoms with E-state index in [2.05, 4.69) is 31.4 Å². The summed E-state index contributed by atoms with van der Waals surface area (Å²) in [5.74, 6) is 1.58. The summed E-state index contributed by atoms with van der Waals surface area (Å²) in [7, 11) is 0. The van der Waals surface area contributed by atoms with Gasteiger partial charge in [-0.2, -0.15) is 0 Å². The molecule has 0 saturated heterocycles. The van der Waals surface area contributed by atoms with E-state index in [1.807, 2.05) is 0 Å². The molecular formula is C15H24OS. The van der Waals surface area contributed by atoms with E-state index < -0.39 is 5.60 Å². The first-order valence-electron chi connectivity index (χ1n) is 6.84. The lowest BCUT2D eigenvalue weighted by molar-refractivity contribution is 0.0244. The molecule has 1 saturated carbocycles. The Hall–Kier alpha value is -0.340. The highest BCUT2D eigenvalue weighted by molar-refractivity contribution is 7.09. The lowest BCUT2D eigenvalue weighted by atomic mass is 9.86. The van der Waals surface area contributed by atoms with Crippen molar-refractivity contribution in [2.24, 2.45) is 11.8 Å². The molecule has 1 aliphatic carbocycles. The summed E-state index contributed by atoms with van der Waals surface area (Å²) in [4.78, 5) is 1.33. The van der Waals surface area contributed by atoms with Gasteiger partial charge in [-0.25, -0.2) is 0 Å². The van der Waals surface area contributed by atoms with Crippen LogP contribution in [0, 0.1) is 11.8 Å². The van der Waals surface area contributed by atoms with Gasteiger partial charge in [-0.1, -0.05) is 32.8 Å². The van der Waals surface area contributed by atoms with Crippen LogP contribution < -0.4 is 0 Å². The number of thiophene rings is 1. The highest BCUT2D eigenvalue weighted by atomic mass is 32.1. The second kappa shape index (κ2) is 5.53. The smallest absolute Gasteiger partial charge is 0.0696 e. The van der Waals surface area contributed by atoms with Crippen molar-refractivity contribution in [1.29, 1.82) is 0 Å². The maximum atomic E-state index is 10.7. The molecule has 96 valence electrons. The molecule has 1 N–H and O–H groups in total. The van der Waals surface area contributed by atoms with Crippen molar-refractivity contribution in [3.8, 4) is 0 Å². The van der Waals surface area contributed by atoms with Crippen molar-refractivity contribution < 1.29 is 5.11 Å². The van der Waals surface area contributed by atoms with Crippen molar-refractivity contribution in [2.75, 3.05) is 0 Å². The monoisotopic (exact) mass is 252 g/mol. The zero-order valence-corrected chi connectivity index (χ0v) is 11.8. The van der Waals surface area contributed by atoms with E-state index in [-0.39, 0.29) is 0 Å². The Morgan fingerprint density at radius 1 is 1.41 bits per heavy atom. The highest BCUT2D eigenvalue weighted by Gasteiger charge is 2.31. The molecule has 2 atom stereocenters. The third kappa shape index (κ3) is 3.56. The van der Waals surface area contributed by atoms with Crippen LogP contribution in [0.5, 0.6) is 0 Å². The number of hydrogen-bond donors (Lipinski definition) is 1. The molecule has 2 heteroatoms. The van der Waals surface area contributed by atoms with E-state index >= 15 is 0 Å². The lowest BCUT2D eigenvalue weighted by Gasteiger charge is -2.26. The van der Waals surface area contributed by atoms with E-state index in [9.17, 15) is 5.11 Å². The normalized spacial score (nSPS) is 30.5. The van der Waals surface area contributed by atoms with Crippen molar-refractivity contribution in [2.45, 2.75) is 58.0 Å². The molecule has 1 aromatic heterocycles. The molecule has 17 heavy (non-hydrogen) atoms. The quantitative estimate of drug-likeness (QED) is 0.797. The van der Waals surface area contributed by atoms with Crippen molar-refractivity contribution in [3.05, 3.63) is 22.4 Å². The van der Waals surface area contributed by atoms with Crippen LogP contribution in [-0.2, 0) is 6.42 Å². The van der Waals surface area contributed by atoms with Gasteiger partial charge in [0.1, 0.15) is 0 Å². The molecule has 0 radical (unpaired) electrons. The summed E-state index contributed by atoms with van der Waals surface area (Å²) in [5, 5.41) is 12.8. The molecule has 1 aliphatic rings. The minimum absolute atomic E-state index is 0.436. The van der Waals surface area contributed by atoms with Crippen LogP contribution in [0.25, 0.3) is 0 Å². The standard InChI is InChI=1S/C15H24OS/c1-12(2)13-5-3-8-15(16,9-7-13)11-14-6-4-10-17-14/h4,6,10,12-13,16H,3,5,7-9,11H2,1-2H3. The van der Waals surface area contributed by atoms with Gasteiger partial charge in [-0.3, -0.25) is 0 Å². The molecule has 1 heterocycles. The molecule has 0 amide bonds. The summed E-state index contributed by atoms with van der Waals surface area (Å²) >= 11 is 1.77. The Kier molecular flexibility index (Phi) is 4.26. The van der Waals surface area contributed by atoms with Crippen LogP contribution in [0.4, 0.5) is 0 Å². The molecule has 2 rings (SSSR count). The molecule has 1 aromatic rings. The second-order valence-corrected chi connectivity index (χ2v) is 6.95. The molecule has 0 aliphatic heterocycles. The lowest BCUT2D eigenvalue weighted by Crippen LogP contribution is -2.30. The molecule has 0 spiro atoms. The van der Waals surface area contributed by atoms with Crippen molar-refractivity contribution in [3.63, 3.8) is 0 Å². The molecule has 2 unspecified atom stereocenters. The zero-order chi connectivity index (χ0) is 12.3. The van der Waals surface area contributed by atoms with Gasteiger partial charge in [-0.15, -0.1) is 11.3 Å². The Morgan fingerprint density at radius 3 is 2.88 bits per heavy atom. The van der Waals surface area contributed by atoms with Crippen LogP contribution in [0.3, 0.4) is 0 Å². The van der Waals surface area contributed by atoms with E-state index in [1.54, 1.807) is 11.3 Å². The zero-order valence-electron chi connectivity index (χ0n) is 11.0. The fourth-order valence-corrected chi connectivity index (χ4v) is 3.84. The summed E-state index contributed by atoms with van der Waals surface area (Å²) in [5.41, 5.74) is -0.436.